The molecule has 0 aromatic rings. The van der Waals surface area contributed by atoms with Crippen LogP contribution >= 0.6 is 0 Å². The molecule has 0 aliphatic heterocycles. The first-order valence-electron chi connectivity index (χ1n) is 0. The number of hydrogen-bond donors (Lipinski definition) is 0. The van der Waals surface area contributed by atoms with Crippen LogP contribution in [0, 0.1) is 41.7 Å². The zero-order valence-electron chi connectivity index (χ0n) is 2.10. The fraction of sp³-hybridized carbons (Fsp3) is 0. The summed E-state index contributed by atoms with van der Waals surface area (Å²) in [6.07, 6.45) is 0. The molecule has 0 saturated carbocycles. The van der Waals surface area contributed by atoms with Gasteiger partial charge in [0.2, 0.25) is 0 Å². The standard InChI is InChI=1S/Al.Ce.Ni.Zn. The molecule has 19 valence electrons. The van der Waals surface area contributed by atoms with Crippen LogP contribution in [0.5, 0.6) is 0 Å². The minimum atomic E-state index is 0. The van der Waals surface area contributed by atoms with Crippen molar-refractivity contribution >= 4 is 17.4 Å². The van der Waals surface area contributed by atoms with Gasteiger partial charge < -0.3 is 0 Å². The van der Waals surface area contributed by atoms with Gasteiger partial charge in [-0.3, -0.25) is 0 Å². The third-order valence-corrected chi connectivity index (χ3v) is 0. The van der Waals surface area contributed by atoms with Gasteiger partial charge in [-0.05, 0) is 0 Å². The molecule has 0 aromatic carbocycles. The van der Waals surface area contributed by atoms with Crippen LogP contribution < -0.4 is 0 Å². The van der Waals surface area contributed by atoms with E-state index in [9.17, 15) is 0 Å². The minimum Gasteiger partial charge on any atom is 0 e. The van der Waals surface area contributed by atoms with E-state index in [1.54, 1.807) is 0 Å². The van der Waals surface area contributed by atoms with Crippen LogP contribution in [0.4, 0.5) is 0 Å². The van der Waals surface area contributed by atoms with E-state index in [0.717, 1.165) is 0 Å². The second-order valence-electron chi connectivity index (χ2n) is 0. The quantitative estimate of drug-likeness (QED) is 0.534. The van der Waals surface area contributed by atoms with Crippen molar-refractivity contribution in [3.05, 3.63) is 0 Å². The Hall–Kier alpha value is 3.03. The van der Waals surface area contributed by atoms with E-state index in [2.05, 4.69) is 0 Å². The van der Waals surface area contributed by atoms with Crippen LogP contribution in [-0.4, -0.2) is 17.4 Å². The van der Waals surface area contributed by atoms with E-state index in [-0.39, 0.29) is 95.1 Å². The third kappa shape index (κ3) is 8.90. The normalized spacial score (nSPS) is 0. The molecule has 0 aromatic heterocycles. The molecule has 0 heterocycles. The number of hydrogen-bond acceptors (Lipinski definition) is 0. The topological polar surface area (TPSA) is 0 Å². The molecule has 0 rings (SSSR count). The van der Waals surface area contributed by atoms with E-state index in [1.807, 2.05) is 0 Å². The molecule has 4 heteroatoms. The van der Waals surface area contributed by atoms with E-state index in [0.29, 0.717) is 0 Å². The van der Waals surface area contributed by atoms with Gasteiger partial charge in [0.15, 0.2) is 0 Å². The maximum Gasteiger partial charge on any atom is 0 e. The Morgan fingerprint density at radius 2 is 1.00 bits per heavy atom. The molecule has 0 aliphatic carbocycles. The summed E-state index contributed by atoms with van der Waals surface area (Å²) >= 11 is 0. The van der Waals surface area contributed by atoms with Gasteiger partial charge in [0, 0.05) is 95.1 Å². The Morgan fingerprint density at radius 3 is 1.00 bits per heavy atom. The largest absolute Gasteiger partial charge is 0 e. The summed E-state index contributed by atoms with van der Waals surface area (Å²) in [4.78, 5) is 0. The van der Waals surface area contributed by atoms with Crippen LogP contribution in [0.15, 0.2) is 0 Å². The second-order valence-corrected chi connectivity index (χ2v) is 0. The summed E-state index contributed by atoms with van der Waals surface area (Å²) in [6, 6.07) is 0. The predicted octanol–water partition coefficient (Wildman–Crippen LogP) is -0.386. The van der Waals surface area contributed by atoms with Gasteiger partial charge in [-0.1, -0.05) is 0 Å². The van der Waals surface area contributed by atoms with Crippen molar-refractivity contribution in [2.45, 2.75) is 0 Å². The van der Waals surface area contributed by atoms with Crippen molar-refractivity contribution in [1.82, 2.24) is 0 Å². The SMILES string of the molecule is [Al].[Ce].[Ni].[Zn]. The van der Waals surface area contributed by atoms with Gasteiger partial charge in [-0.2, -0.15) is 0 Å². The summed E-state index contributed by atoms with van der Waals surface area (Å²) in [5, 5.41) is 0. The van der Waals surface area contributed by atoms with Crippen LogP contribution in [-0.2, 0) is 36.0 Å². The molecular formula is AlCeNiZn. The molecule has 0 saturated heterocycles. The van der Waals surface area contributed by atoms with Crippen molar-refractivity contribution in [3.63, 3.8) is 0 Å². The minimum absolute atomic E-state index is 0. The Bertz CT molecular complexity index is 8.00. The first-order chi connectivity index (χ1) is 0. The van der Waals surface area contributed by atoms with Crippen molar-refractivity contribution in [1.29, 1.82) is 0 Å². The smallest absolute Gasteiger partial charge is 0 e. The zero-order chi connectivity index (χ0) is 0. The molecule has 0 N–H and O–H groups in total. The average Bonchev–Trinajstić information content (AvgIpc) is 0. The summed E-state index contributed by atoms with van der Waals surface area (Å²) in [5.74, 6) is 0. The Balaban J connectivity index is 0. The van der Waals surface area contributed by atoms with Gasteiger partial charge in [0.05, 0.1) is 0 Å². The van der Waals surface area contributed by atoms with E-state index < -0.39 is 0 Å². The first-order valence-corrected chi connectivity index (χ1v) is 0. The van der Waals surface area contributed by atoms with Crippen molar-refractivity contribution in [3.8, 4) is 0 Å². The van der Waals surface area contributed by atoms with Gasteiger partial charge >= 0.3 is 0 Å². The molecule has 0 fully saturated rings. The summed E-state index contributed by atoms with van der Waals surface area (Å²) in [5.41, 5.74) is 0. The monoisotopic (exact) mass is 289 g/mol. The molecule has 0 nitrogen and oxygen atoms in total. The molecule has 0 bridgehead atoms. The molecule has 0 aliphatic rings. The Kier molecular flexibility index (Phi) is 116. The molecule has 3 radical (unpaired) electrons. The number of rotatable bonds is 0. The van der Waals surface area contributed by atoms with Crippen molar-refractivity contribution < 1.29 is 77.7 Å². The predicted molar refractivity (Wildman–Crippen MR) is 5.75 cm³/mol. The van der Waals surface area contributed by atoms with Gasteiger partial charge in [0.1, 0.15) is 0 Å². The Labute approximate surface area is 93.1 Å². The molecule has 0 spiro atoms. The summed E-state index contributed by atoms with van der Waals surface area (Å²) in [7, 11) is 0. The summed E-state index contributed by atoms with van der Waals surface area (Å²) in [6.45, 7) is 0. The van der Waals surface area contributed by atoms with Gasteiger partial charge in [-0.15, -0.1) is 0 Å². The van der Waals surface area contributed by atoms with Gasteiger partial charge in [-0.25, -0.2) is 0 Å². The zero-order valence-corrected chi connectivity index (χ0v) is 10.4. The average molecular weight is 291 g/mol. The molecule has 4 heavy (non-hydrogen) atoms. The molecular weight excluding hydrogens is 291 g/mol. The fourth-order valence-electron chi connectivity index (χ4n) is 0. The van der Waals surface area contributed by atoms with Crippen molar-refractivity contribution in [2.24, 2.45) is 0 Å². The Morgan fingerprint density at radius 1 is 1.00 bits per heavy atom. The third-order valence-electron chi connectivity index (χ3n) is 0. The van der Waals surface area contributed by atoms with E-state index >= 15 is 0 Å². The van der Waals surface area contributed by atoms with Gasteiger partial charge in [0.25, 0.3) is 0 Å². The van der Waals surface area contributed by atoms with Crippen LogP contribution in [0.3, 0.4) is 0 Å². The van der Waals surface area contributed by atoms with E-state index in [1.165, 1.54) is 0 Å². The van der Waals surface area contributed by atoms with Crippen LogP contribution in [0.1, 0.15) is 0 Å². The second kappa shape index (κ2) is 16.6. The fourth-order valence-corrected chi connectivity index (χ4v) is 0. The maximum absolute atomic E-state index is 0. The van der Waals surface area contributed by atoms with E-state index in [4.69, 9.17) is 0 Å². The molecule has 0 unspecified atom stereocenters. The molecule has 0 atom stereocenters. The van der Waals surface area contributed by atoms with Crippen LogP contribution in [0.2, 0.25) is 0 Å². The molecule has 0 amide bonds. The maximum atomic E-state index is 0. The summed E-state index contributed by atoms with van der Waals surface area (Å²) < 4.78 is 0. The first kappa shape index (κ1) is 27.9. The van der Waals surface area contributed by atoms with Crippen LogP contribution in [0.25, 0.3) is 0 Å². The van der Waals surface area contributed by atoms with Crippen molar-refractivity contribution in [2.75, 3.05) is 0 Å².